The van der Waals surface area contributed by atoms with Gasteiger partial charge in [0.15, 0.2) is 0 Å². The van der Waals surface area contributed by atoms with Crippen LogP contribution in [0.5, 0.6) is 0 Å². The zero-order chi connectivity index (χ0) is 8.77. The maximum absolute atomic E-state index is 11.2. The summed E-state index contributed by atoms with van der Waals surface area (Å²) < 4.78 is 5.25. The summed E-state index contributed by atoms with van der Waals surface area (Å²) in [5, 5.41) is 0. The molecule has 68 valence electrons. The average molecular weight is 168 g/mol. The normalized spacial score (nSPS) is 47.0. The van der Waals surface area contributed by atoms with E-state index in [1.54, 1.807) is 0 Å². The van der Waals surface area contributed by atoms with Crippen molar-refractivity contribution in [3.8, 4) is 0 Å². The molecule has 0 radical (unpaired) electrons. The van der Waals surface area contributed by atoms with Crippen molar-refractivity contribution in [3.05, 3.63) is 0 Å². The van der Waals surface area contributed by atoms with Crippen molar-refractivity contribution in [1.82, 2.24) is 0 Å². The number of carbonyl (C=O) groups excluding carboxylic acids is 1. The Kier molecular flexibility index (Phi) is 1.67. The lowest BCUT2D eigenvalue weighted by Gasteiger charge is -2.44. The molecule has 3 unspecified atom stereocenters. The largest absolute Gasteiger partial charge is 0.462 e. The second-order valence-corrected chi connectivity index (χ2v) is 4.85. The van der Waals surface area contributed by atoms with Crippen LogP contribution in [0.1, 0.15) is 39.5 Å². The van der Waals surface area contributed by atoms with Crippen LogP contribution in [0.2, 0.25) is 0 Å². The molecule has 0 N–H and O–H groups in total. The molecule has 2 nitrogen and oxygen atoms in total. The molecule has 1 aliphatic heterocycles. The van der Waals surface area contributed by atoms with Gasteiger partial charge >= 0.3 is 5.97 Å². The molecule has 1 aliphatic carbocycles. The molecule has 1 saturated carbocycles. The molecule has 0 spiro atoms. The number of carbonyl (C=O) groups is 1. The predicted octanol–water partition coefficient (Wildman–Crippen LogP) is 2.13. The van der Waals surface area contributed by atoms with Gasteiger partial charge in [-0.1, -0.05) is 13.8 Å². The van der Waals surface area contributed by atoms with Crippen LogP contribution < -0.4 is 0 Å². The van der Waals surface area contributed by atoms with Gasteiger partial charge in [-0.3, -0.25) is 4.79 Å². The van der Waals surface area contributed by atoms with Crippen molar-refractivity contribution >= 4 is 5.97 Å². The Morgan fingerprint density at radius 1 is 1.50 bits per heavy atom. The van der Waals surface area contributed by atoms with Gasteiger partial charge in [-0.15, -0.1) is 0 Å². The van der Waals surface area contributed by atoms with E-state index < -0.39 is 0 Å². The summed E-state index contributed by atoms with van der Waals surface area (Å²) in [6.07, 6.45) is 4.21. The summed E-state index contributed by atoms with van der Waals surface area (Å²) in [4.78, 5) is 11.2. The lowest BCUT2D eigenvalue weighted by atomic mass is 9.67. The van der Waals surface area contributed by atoms with Gasteiger partial charge in [-0.05, 0) is 30.6 Å². The highest BCUT2D eigenvalue weighted by Crippen LogP contribution is 2.45. The maximum Gasteiger partial charge on any atom is 0.306 e. The van der Waals surface area contributed by atoms with Crippen LogP contribution in [0.4, 0.5) is 0 Å². The second-order valence-electron chi connectivity index (χ2n) is 4.85. The fourth-order valence-corrected chi connectivity index (χ4v) is 2.90. The second kappa shape index (κ2) is 2.48. The van der Waals surface area contributed by atoms with Gasteiger partial charge in [-0.2, -0.15) is 0 Å². The molecule has 2 aliphatic rings. The molecule has 2 rings (SSSR count). The van der Waals surface area contributed by atoms with Crippen molar-refractivity contribution in [1.29, 1.82) is 0 Å². The van der Waals surface area contributed by atoms with Crippen molar-refractivity contribution in [2.24, 2.45) is 11.3 Å². The number of hydrogen-bond donors (Lipinski definition) is 0. The smallest absolute Gasteiger partial charge is 0.306 e. The molecular formula is C10H16O2. The first kappa shape index (κ1) is 8.09. The summed E-state index contributed by atoms with van der Waals surface area (Å²) >= 11 is 0. The summed E-state index contributed by atoms with van der Waals surface area (Å²) in [5.74, 6) is 0.738. The Morgan fingerprint density at radius 3 is 2.92 bits per heavy atom. The Balaban J connectivity index is 2.16. The fraction of sp³-hybridized carbons (Fsp3) is 0.900. The van der Waals surface area contributed by atoms with Crippen LogP contribution >= 0.6 is 0 Å². The summed E-state index contributed by atoms with van der Waals surface area (Å²) in [6, 6.07) is 0. The number of esters is 1. The minimum Gasteiger partial charge on any atom is -0.462 e. The van der Waals surface area contributed by atoms with E-state index in [1.165, 1.54) is 6.42 Å². The van der Waals surface area contributed by atoms with Crippen LogP contribution in [-0.4, -0.2) is 12.1 Å². The lowest BCUT2D eigenvalue weighted by molar-refractivity contribution is -0.168. The van der Waals surface area contributed by atoms with Gasteiger partial charge in [0.2, 0.25) is 0 Å². The van der Waals surface area contributed by atoms with E-state index in [2.05, 4.69) is 13.8 Å². The van der Waals surface area contributed by atoms with E-state index in [1.807, 2.05) is 0 Å². The number of rotatable bonds is 0. The Bertz CT molecular complexity index is 208. The summed E-state index contributed by atoms with van der Waals surface area (Å²) in [5.41, 5.74) is 0.248. The van der Waals surface area contributed by atoms with Crippen LogP contribution in [0.3, 0.4) is 0 Å². The van der Waals surface area contributed by atoms with Crippen LogP contribution in [0, 0.1) is 11.3 Å². The molecule has 2 fully saturated rings. The first-order valence-corrected chi connectivity index (χ1v) is 4.77. The van der Waals surface area contributed by atoms with Gasteiger partial charge in [0, 0.05) is 0 Å². The van der Waals surface area contributed by atoms with Crippen LogP contribution in [0.25, 0.3) is 0 Å². The summed E-state index contributed by atoms with van der Waals surface area (Å²) in [7, 11) is 0. The van der Waals surface area contributed by atoms with Crippen molar-refractivity contribution in [2.45, 2.75) is 45.6 Å². The quantitative estimate of drug-likeness (QED) is 0.518. The molecule has 3 atom stereocenters. The van der Waals surface area contributed by atoms with E-state index >= 15 is 0 Å². The van der Waals surface area contributed by atoms with Crippen LogP contribution in [-0.2, 0) is 9.53 Å². The Labute approximate surface area is 73.3 Å². The zero-order valence-corrected chi connectivity index (χ0v) is 7.80. The van der Waals surface area contributed by atoms with E-state index in [0.717, 1.165) is 18.8 Å². The molecule has 2 bridgehead atoms. The molecule has 0 aromatic heterocycles. The monoisotopic (exact) mass is 168 g/mol. The molecule has 0 aromatic rings. The fourth-order valence-electron chi connectivity index (χ4n) is 2.90. The topological polar surface area (TPSA) is 26.3 Å². The SMILES string of the molecule is CC1CC2CC(C)(CC(=O)O2)C1. The van der Waals surface area contributed by atoms with E-state index in [4.69, 9.17) is 4.74 Å². The minimum atomic E-state index is 0.0145. The third-order valence-corrected chi connectivity index (χ3v) is 3.10. The Morgan fingerprint density at radius 2 is 2.25 bits per heavy atom. The number of hydrogen-bond acceptors (Lipinski definition) is 2. The third-order valence-electron chi connectivity index (χ3n) is 3.10. The predicted molar refractivity (Wildman–Crippen MR) is 45.6 cm³/mol. The highest BCUT2D eigenvalue weighted by atomic mass is 16.5. The minimum absolute atomic E-state index is 0.0145. The average Bonchev–Trinajstić information content (AvgIpc) is 1.78. The highest BCUT2D eigenvalue weighted by Gasteiger charge is 2.42. The lowest BCUT2D eigenvalue weighted by Crippen LogP contribution is -2.42. The maximum atomic E-state index is 11.2. The molecule has 0 amide bonds. The van der Waals surface area contributed by atoms with Gasteiger partial charge in [0.1, 0.15) is 6.10 Å². The zero-order valence-electron chi connectivity index (χ0n) is 7.80. The standard InChI is InChI=1S/C10H16O2/c1-7-3-8-5-10(2,4-7)6-9(11)12-8/h7-8H,3-6H2,1-2H3. The first-order chi connectivity index (χ1) is 5.57. The van der Waals surface area contributed by atoms with E-state index in [9.17, 15) is 4.79 Å². The molecule has 1 heterocycles. The summed E-state index contributed by atoms with van der Waals surface area (Å²) in [6.45, 7) is 4.47. The number of fused-ring (bicyclic) bond motifs is 2. The molecule has 0 aromatic carbocycles. The van der Waals surface area contributed by atoms with E-state index in [-0.39, 0.29) is 17.5 Å². The Hall–Kier alpha value is -0.530. The van der Waals surface area contributed by atoms with Crippen molar-refractivity contribution in [3.63, 3.8) is 0 Å². The number of ether oxygens (including phenoxy) is 1. The van der Waals surface area contributed by atoms with Gasteiger partial charge in [0.25, 0.3) is 0 Å². The van der Waals surface area contributed by atoms with Crippen LogP contribution in [0.15, 0.2) is 0 Å². The molecule has 12 heavy (non-hydrogen) atoms. The van der Waals surface area contributed by atoms with E-state index in [0.29, 0.717) is 6.42 Å². The molecule has 2 heteroatoms. The highest BCUT2D eigenvalue weighted by molar-refractivity contribution is 5.71. The van der Waals surface area contributed by atoms with Gasteiger partial charge < -0.3 is 4.74 Å². The van der Waals surface area contributed by atoms with Crippen molar-refractivity contribution < 1.29 is 9.53 Å². The molecular weight excluding hydrogens is 152 g/mol. The third kappa shape index (κ3) is 1.35. The van der Waals surface area contributed by atoms with Gasteiger partial charge in [-0.25, -0.2) is 0 Å². The molecule has 1 saturated heterocycles. The van der Waals surface area contributed by atoms with Crippen molar-refractivity contribution in [2.75, 3.05) is 0 Å². The first-order valence-electron chi connectivity index (χ1n) is 4.77. The van der Waals surface area contributed by atoms with Gasteiger partial charge in [0.05, 0.1) is 6.42 Å².